The first-order valence-corrected chi connectivity index (χ1v) is 10.6. The number of benzene rings is 3. The first-order valence-electron chi connectivity index (χ1n) is 10.6. The summed E-state index contributed by atoms with van der Waals surface area (Å²) in [5.74, 6) is -0.540. The van der Waals surface area contributed by atoms with Crippen molar-refractivity contribution in [2.75, 3.05) is 11.4 Å². The molecule has 2 amide bonds. The Morgan fingerprint density at radius 1 is 0.774 bits per heavy atom. The summed E-state index contributed by atoms with van der Waals surface area (Å²) in [6.07, 6.45) is 0. The number of anilines is 1. The highest BCUT2D eigenvalue weighted by Gasteiger charge is 2.42. The normalized spacial score (nSPS) is 13.8. The minimum absolute atomic E-state index is 0.268. The molecule has 0 saturated heterocycles. The molecule has 0 aromatic heterocycles. The Bertz CT molecular complexity index is 1150. The molecule has 0 N–H and O–H groups in total. The van der Waals surface area contributed by atoms with E-state index in [2.05, 4.69) is 0 Å². The van der Waals surface area contributed by atoms with E-state index >= 15 is 0 Å². The Balaban J connectivity index is 1.85. The van der Waals surface area contributed by atoms with Gasteiger partial charge in [-0.15, -0.1) is 0 Å². The summed E-state index contributed by atoms with van der Waals surface area (Å²) in [5, 5.41) is 0. The highest BCUT2D eigenvalue weighted by molar-refractivity contribution is 6.45. The molecule has 0 unspecified atom stereocenters. The molecule has 1 aliphatic rings. The zero-order valence-electron chi connectivity index (χ0n) is 18.1. The van der Waals surface area contributed by atoms with Crippen molar-refractivity contribution in [3.8, 4) is 0 Å². The monoisotopic (exact) mass is 410 g/mol. The van der Waals surface area contributed by atoms with Crippen molar-refractivity contribution in [2.45, 2.75) is 27.3 Å². The lowest BCUT2D eigenvalue weighted by molar-refractivity contribution is -0.120. The van der Waals surface area contributed by atoms with Crippen LogP contribution in [0.1, 0.15) is 29.2 Å². The van der Waals surface area contributed by atoms with E-state index in [4.69, 9.17) is 0 Å². The summed E-state index contributed by atoms with van der Waals surface area (Å²) in [7, 11) is 0. The molecular formula is C27H26N2O2. The molecule has 156 valence electrons. The van der Waals surface area contributed by atoms with Gasteiger partial charge in [-0.1, -0.05) is 72.8 Å². The zero-order valence-corrected chi connectivity index (χ0v) is 18.1. The highest BCUT2D eigenvalue weighted by atomic mass is 16.2. The molecule has 0 atom stereocenters. The molecule has 0 spiro atoms. The maximum atomic E-state index is 13.8. The maximum absolute atomic E-state index is 13.8. The number of amides is 2. The van der Waals surface area contributed by atoms with Gasteiger partial charge in [0.2, 0.25) is 0 Å². The van der Waals surface area contributed by atoms with Crippen LogP contribution in [0, 0.1) is 13.8 Å². The highest BCUT2D eigenvalue weighted by Crippen LogP contribution is 2.37. The Hall–Kier alpha value is -3.66. The SMILES string of the molecule is CCN(Cc1ccccc1)C1=C(c2ccccc2)C(=O)N(c2cccc(C)c2C)C1=O. The van der Waals surface area contributed by atoms with E-state index in [0.29, 0.717) is 30.0 Å². The topological polar surface area (TPSA) is 40.6 Å². The van der Waals surface area contributed by atoms with Crippen molar-refractivity contribution in [1.82, 2.24) is 4.90 Å². The number of rotatable bonds is 6. The molecular weight excluding hydrogens is 384 g/mol. The predicted octanol–water partition coefficient (Wildman–Crippen LogP) is 5.11. The van der Waals surface area contributed by atoms with Crippen LogP contribution in [0.3, 0.4) is 0 Å². The second-order valence-corrected chi connectivity index (χ2v) is 7.75. The van der Waals surface area contributed by atoms with E-state index in [0.717, 1.165) is 22.3 Å². The number of likely N-dealkylation sites (N-methyl/N-ethyl adjacent to an activating group) is 1. The maximum Gasteiger partial charge on any atom is 0.282 e. The Morgan fingerprint density at radius 3 is 2.06 bits per heavy atom. The van der Waals surface area contributed by atoms with E-state index in [1.54, 1.807) is 0 Å². The molecule has 3 aromatic rings. The molecule has 0 bridgehead atoms. The summed E-state index contributed by atoms with van der Waals surface area (Å²) in [4.78, 5) is 30.8. The third-order valence-electron chi connectivity index (χ3n) is 5.85. The molecule has 31 heavy (non-hydrogen) atoms. The Morgan fingerprint density at radius 2 is 1.42 bits per heavy atom. The van der Waals surface area contributed by atoms with Crippen molar-refractivity contribution in [3.63, 3.8) is 0 Å². The van der Waals surface area contributed by atoms with Crippen LogP contribution in [-0.2, 0) is 16.1 Å². The fourth-order valence-electron chi connectivity index (χ4n) is 4.03. The van der Waals surface area contributed by atoms with Crippen LogP contribution < -0.4 is 4.90 Å². The standard InChI is InChI=1S/C27H26N2O2/c1-4-28(18-21-13-7-5-8-14-21)25-24(22-15-9-6-10-16-22)26(30)29(27(25)31)23-17-11-12-19(2)20(23)3/h5-17H,4,18H2,1-3H3. The molecule has 3 aromatic carbocycles. The molecule has 4 rings (SSSR count). The number of carbonyl (C=O) groups is 2. The van der Waals surface area contributed by atoms with Crippen LogP contribution in [0.25, 0.3) is 5.57 Å². The van der Waals surface area contributed by atoms with E-state index in [1.807, 2.05) is 105 Å². The number of nitrogens with zero attached hydrogens (tertiary/aromatic N) is 2. The molecule has 0 aliphatic carbocycles. The number of hydrogen-bond donors (Lipinski definition) is 0. The van der Waals surface area contributed by atoms with Crippen molar-refractivity contribution in [2.24, 2.45) is 0 Å². The van der Waals surface area contributed by atoms with Crippen molar-refractivity contribution in [1.29, 1.82) is 0 Å². The smallest absolute Gasteiger partial charge is 0.282 e. The van der Waals surface area contributed by atoms with E-state index in [1.165, 1.54) is 4.90 Å². The van der Waals surface area contributed by atoms with Gasteiger partial charge in [0.05, 0.1) is 11.3 Å². The quantitative estimate of drug-likeness (QED) is 0.530. The Kier molecular flexibility index (Phi) is 5.72. The van der Waals surface area contributed by atoms with Gasteiger partial charge in [-0.2, -0.15) is 0 Å². The summed E-state index contributed by atoms with van der Waals surface area (Å²) < 4.78 is 0. The van der Waals surface area contributed by atoms with E-state index in [9.17, 15) is 9.59 Å². The molecule has 1 aliphatic heterocycles. The number of aryl methyl sites for hydroxylation is 1. The third-order valence-corrected chi connectivity index (χ3v) is 5.85. The molecule has 0 saturated carbocycles. The third kappa shape index (κ3) is 3.77. The van der Waals surface area contributed by atoms with Crippen molar-refractivity contribution < 1.29 is 9.59 Å². The first kappa shape index (κ1) is 20.6. The lowest BCUT2D eigenvalue weighted by Crippen LogP contribution is -2.35. The van der Waals surface area contributed by atoms with Gasteiger partial charge in [0.25, 0.3) is 11.8 Å². The van der Waals surface area contributed by atoms with Crippen molar-refractivity contribution >= 4 is 23.1 Å². The molecule has 0 fully saturated rings. The van der Waals surface area contributed by atoms with Gasteiger partial charge in [-0.25, -0.2) is 4.90 Å². The van der Waals surface area contributed by atoms with Gasteiger partial charge < -0.3 is 4.90 Å². The Labute approximate surface area is 183 Å². The van der Waals surface area contributed by atoms with Crippen LogP contribution in [0.5, 0.6) is 0 Å². The average molecular weight is 411 g/mol. The number of carbonyl (C=O) groups excluding carboxylic acids is 2. The summed E-state index contributed by atoms with van der Waals surface area (Å²) in [5.41, 5.74) is 5.40. The van der Waals surface area contributed by atoms with Gasteiger partial charge >= 0.3 is 0 Å². The van der Waals surface area contributed by atoms with Gasteiger partial charge in [0.15, 0.2) is 0 Å². The summed E-state index contributed by atoms with van der Waals surface area (Å²) in [6, 6.07) is 25.2. The predicted molar refractivity (Wildman–Crippen MR) is 124 cm³/mol. The average Bonchev–Trinajstić information content (AvgIpc) is 3.05. The second kappa shape index (κ2) is 8.60. The minimum Gasteiger partial charge on any atom is -0.362 e. The fraction of sp³-hybridized carbons (Fsp3) is 0.185. The zero-order chi connectivity index (χ0) is 22.0. The van der Waals surface area contributed by atoms with Crippen LogP contribution in [0.15, 0.2) is 84.6 Å². The summed E-state index contributed by atoms with van der Waals surface area (Å²) in [6.45, 7) is 7.12. The second-order valence-electron chi connectivity index (χ2n) is 7.75. The summed E-state index contributed by atoms with van der Waals surface area (Å²) >= 11 is 0. The van der Waals surface area contributed by atoms with Crippen LogP contribution in [0.4, 0.5) is 5.69 Å². The van der Waals surface area contributed by atoms with E-state index < -0.39 is 0 Å². The fourth-order valence-corrected chi connectivity index (χ4v) is 4.03. The van der Waals surface area contributed by atoms with Crippen LogP contribution in [-0.4, -0.2) is 23.3 Å². The first-order chi connectivity index (χ1) is 15.0. The number of hydrogen-bond acceptors (Lipinski definition) is 3. The molecule has 4 nitrogen and oxygen atoms in total. The van der Waals surface area contributed by atoms with Crippen molar-refractivity contribution in [3.05, 3.63) is 107 Å². The van der Waals surface area contributed by atoms with Gasteiger partial charge in [0, 0.05) is 13.1 Å². The van der Waals surface area contributed by atoms with Gasteiger partial charge in [-0.3, -0.25) is 9.59 Å². The molecule has 0 radical (unpaired) electrons. The molecule has 1 heterocycles. The lowest BCUT2D eigenvalue weighted by atomic mass is 10.0. The minimum atomic E-state index is -0.272. The number of imide groups is 1. The van der Waals surface area contributed by atoms with Gasteiger partial charge in [0.1, 0.15) is 5.70 Å². The van der Waals surface area contributed by atoms with E-state index in [-0.39, 0.29) is 11.8 Å². The van der Waals surface area contributed by atoms with Crippen LogP contribution in [0.2, 0.25) is 0 Å². The lowest BCUT2D eigenvalue weighted by Gasteiger charge is -2.25. The van der Waals surface area contributed by atoms with Gasteiger partial charge in [-0.05, 0) is 49.1 Å². The largest absolute Gasteiger partial charge is 0.362 e. The van der Waals surface area contributed by atoms with Crippen LogP contribution >= 0.6 is 0 Å². The molecule has 4 heteroatoms.